The average molecular weight is 676 g/mol. The summed E-state index contributed by atoms with van der Waals surface area (Å²) in [6.07, 6.45) is 3.52. The fraction of sp³-hybridized carbons (Fsp3) is 0.385. The normalized spacial score (nSPS) is 19.5. The fourth-order valence-corrected chi connectivity index (χ4v) is 6.92. The van der Waals surface area contributed by atoms with E-state index in [0.29, 0.717) is 41.8 Å². The summed E-state index contributed by atoms with van der Waals surface area (Å²) in [6, 6.07) is 24.3. The minimum absolute atomic E-state index is 0.122. The highest BCUT2D eigenvalue weighted by atomic mass is 16.5. The van der Waals surface area contributed by atoms with Gasteiger partial charge in [0.1, 0.15) is 11.6 Å². The smallest absolute Gasteiger partial charge is 0.257 e. The van der Waals surface area contributed by atoms with Crippen molar-refractivity contribution in [2.24, 2.45) is 22.9 Å². The molecule has 4 aromatic rings. The maximum absolute atomic E-state index is 14.0. The number of carbonyl (C=O) groups is 3. The molecular formula is C39H45N7O4. The molecule has 6 rings (SSSR count). The zero-order chi connectivity index (χ0) is 35.2. The van der Waals surface area contributed by atoms with E-state index < -0.39 is 11.8 Å². The summed E-state index contributed by atoms with van der Waals surface area (Å²) in [6.45, 7) is 4.64. The topological polar surface area (TPSA) is 129 Å². The van der Waals surface area contributed by atoms with Crippen molar-refractivity contribution in [3.63, 3.8) is 0 Å². The van der Waals surface area contributed by atoms with Crippen LogP contribution in [-0.4, -0.2) is 66.6 Å². The minimum Gasteiger partial charge on any atom is -0.494 e. The Labute approximate surface area is 293 Å². The Morgan fingerprint density at radius 2 is 1.64 bits per heavy atom. The molecule has 2 atom stereocenters. The van der Waals surface area contributed by atoms with Gasteiger partial charge in [0.25, 0.3) is 5.91 Å². The van der Waals surface area contributed by atoms with Crippen LogP contribution in [0.1, 0.15) is 56.3 Å². The van der Waals surface area contributed by atoms with Crippen LogP contribution < -0.4 is 25.3 Å². The van der Waals surface area contributed by atoms with Crippen LogP contribution in [0.4, 0.5) is 17.5 Å². The highest BCUT2D eigenvalue weighted by Crippen LogP contribution is 2.32. The van der Waals surface area contributed by atoms with Gasteiger partial charge in [0.2, 0.25) is 11.9 Å². The second-order valence-corrected chi connectivity index (χ2v) is 13.3. The number of benzene rings is 3. The summed E-state index contributed by atoms with van der Waals surface area (Å²) in [4.78, 5) is 52.9. The van der Waals surface area contributed by atoms with Gasteiger partial charge in [-0.25, -0.2) is 9.99 Å². The molecule has 1 fully saturated rings. The number of hydrogen-bond acceptors (Lipinski definition) is 9. The lowest BCUT2D eigenvalue weighted by Crippen LogP contribution is -2.44. The Kier molecular flexibility index (Phi) is 10.7. The second-order valence-electron chi connectivity index (χ2n) is 13.3. The third-order valence-electron chi connectivity index (χ3n) is 9.57. The number of Topliss-reactive ketones (excluding diaryl/α,β-unsaturated/α-hetero) is 1. The van der Waals surface area contributed by atoms with Gasteiger partial charge in [0, 0.05) is 49.8 Å². The van der Waals surface area contributed by atoms with E-state index in [1.165, 1.54) is 5.01 Å². The lowest BCUT2D eigenvalue weighted by atomic mass is 9.82. The summed E-state index contributed by atoms with van der Waals surface area (Å²) >= 11 is 0. The van der Waals surface area contributed by atoms with Crippen molar-refractivity contribution in [1.82, 2.24) is 15.3 Å². The fourth-order valence-electron chi connectivity index (χ4n) is 6.92. The molecule has 1 aromatic heterocycles. The Balaban J connectivity index is 1.11. The van der Waals surface area contributed by atoms with E-state index in [1.807, 2.05) is 68.4 Å². The van der Waals surface area contributed by atoms with Crippen LogP contribution in [0.5, 0.6) is 5.75 Å². The summed E-state index contributed by atoms with van der Waals surface area (Å²) in [7, 11) is 3.96. The van der Waals surface area contributed by atoms with Crippen molar-refractivity contribution in [3.05, 3.63) is 84.4 Å². The largest absolute Gasteiger partial charge is 0.494 e. The van der Waals surface area contributed by atoms with Crippen molar-refractivity contribution in [2.45, 2.75) is 52.0 Å². The molecule has 0 bridgehead atoms. The molecule has 0 saturated heterocycles. The lowest BCUT2D eigenvalue weighted by Gasteiger charge is -2.30. The van der Waals surface area contributed by atoms with Crippen molar-refractivity contribution >= 4 is 51.7 Å². The molecule has 260 valence electrons. The molecule has 11 heteroatoms. The summed E-state index contributed by atoms with van der Waals surface area (Å²) in [5, 5.41) is 13.6. The highest BCUT2D eigenvalue weighted by molar-refractivity contribution is 6.17. The average Bonchev–Trinajstić information content (AvgIpc) is 3.43. The van der Waals surface area contributed by atoms with Crippen LogP contribution in [0, 0.1) is 17.8 Å². The maximum Gasteiger partial charge on any atom is 0.257 e. The molecule has 1 aliphatic carbocycles. The number of para-hydroxylation sites is 2. The number of nitrogens with one attached hydrogen (secondary N) is 2. The lowest BCUT2D eigenvalue weighted by molar-refractivity contribution is -0.131. The number of ether oxygens (including phenoxy) is 1. The molecule has 3 aromatic carbocycles. The predicted octanol–water partition coefficient (Wildman–Crippen LogP) is 6.11. The van der Waals surface area contributed by atoms with E-state index in [1.54, 1.807) is 43.3 Å². The van der Waals surface area contributed by atoms with Crippen LogP contribution in [0.2, 0.25) is 0 Å². The minimum atomic E-state index is -0.909. The Hall–Kier alpha value is -5.32. The van der Waals surface area contributed by atoms with Crippen molar-refractivity contribution in [2.75, 3.05) is 42.5 Å². The SMILES string of the molecule is CCOc1ccc(C(=O)CC(C(=O)NC[C@H]2CC[C@@H](Nc3nc(N(C)C)c4ccccc4n3)CC2)C2C(=O)N(c3ccccc3)N=C2C)cc1. The van der Waals surface area contributed by atoms with E-state index in [-0.39, 0.29) is 36.0 Å². The Morgan fingerprint density at radius 1 is 0.940 bits per heavy atom. The zero-order valence-corrected chi connectivity index (χ0v) is 29.1. The number of hydrogen-bond donors (Lipinski definition) is 2. The van der Waals surface area contributed by atoms with Gasteiger partial charge in [-0.2, -0.15) is 10.1 Å². The van der Waals surface area contributed by atoms with Gasteiger partial charge < -0.3 is 20.3 Å². The van der Waals surface area contributed by atoms with Crippen LogP contribution in [0.15, 0.2) is 84.0 Å². The van der Waals surface area contributed by atoms with Crippen LogP contribution in [0.3, 0.4) is 0 Å². The van der Waals surface area contributed by atoms with Gasteiger partial charge in [-0.15, -0.1) is 0 Å². The van der Waals surface area contributed by atoms with Gasteiger partial charge in [-0.3, -0.25) is 14.4 Å². The first kappa shape index (κ1) is 34.5. The van der Waals surface area contributed by atoms with E-state index in [9.17, 15) is 14.4 Å². The first-order valence-corrected chi connectivity index (χ1v) is 17.4. The van der Waals surface area contributed by atoms with Crippen LogP contribution in [0.25, 0.3) is 10.9 Å². The number of fused-ring (bicyclic) bond motifs is 1. The number of amides is 2. The van der Waals surface area contributed by atoms with E-state index in [2.05, 4.69) is 15.7 Å². The number of carbonyl (C=O) groups excluding carboxylic acids is 3. The molecule has 2 unspecified atom stereocenters. The molecule has 11 nitrogen and oxygen atoms in total. The quantitative estimate of drug-likeness (QED) is 0.163. The molecule has 2 heterocycles. The number of anilines is 3. The number of nitrogens with zero attached hydrogens (tertiary/aromatic N) is 5. The van der Waals surface area contributed by atoms with Crippen LogP contribution >= 0.6 is 0 Å². The van der Waals surface area contributed by atoms with Gasteiger partial charge in [0.15, 0.2) is 5.78 Å². The molecule has 0 spiro atoms. The first-order valence-electron chi connectivity index (χ1n) is 17.4. The summed E-state index contributed by atoms with van der Waals surface area (Å²) < 4.78 is 5.52. The molecule has 1 saturated carbocycles. The first-order chi connectivity index (χ1) is 24.2. The Morgan fingerprint density at radius 3 is 2.34 bits per heavy atom. The number of ketones is 1. The third kappa shape index (κ3) is 7.77. The highest BCUT2D eigenvalue weighted by Gasteiger charge is 2.44. The molecule has 2 aliphatic rings. The van der Waals surface area contributed by atoms with Gasteiger partial charge in [-0.05, 0) is 94.0 Å². The Bertz CT molecular complexity index is 1850. The third-order valence-corrected chi connectivity index (χ3v) is 9.57. The number of rotatable bonds is 13. The van der Waals surface area contributed by atoms with E-state index in [0.717, 1.165) is 42.4 Å². The predicted molar refractivity (Wildman–Crippen MR) is 197 cm³/mol. The molecule has 0 radical (unpaired) electrons. The van der Waals surface area contributed by atoms with Crippen LogP contribution in [-0.2, 0) is 9.59 Å². The van der Waals surface area contributed by atoms with Gasteiger partial charge in [0.05, 0.1) is 29.6 Å². The van der Waals surface area contributed by atoms with E-state index >= 15 is 0 Å². The number of hydrazone groups is 1. The summed E-state index contributed by atoms with van der Waals surface area (Å²) in [5.41, 5.74) is 2.49. The van der Waals surface area contributed by atoms with Crippen molar-refractivity contribution in [1.29, 1.82) is 0 Å². The standard InChI is InChI=1S/C39H45N7O4/c1-5-50-30-21-17-27(18-22-30)34(47)23-32(35-25(2)44-46(38(35)49)29-11-7-6-8-12-29)37(48)40-24-26-15-19-28(20-16-26)41-39-42-33-14-10-9-13-31(33)36(43-39)45(3)4/h6-14,17-18,21-22,26,28,32,35H,5,15-16,19-20,23-24H2,1-4H3,(H,40,48)(H,41,42,43)/t26-,28+,32?,35?. The number of aromatic nitrogens is 2. The van der Waals surface area contributed by atoms with Crippen molar-refractivity contribution < 1.29 is 19.1 Å². The molecular weight excluding hydrogens is 630 g/mol. The maximum atomic E-state index is 14.0. The molecule has 50 heavy (non-hydrogen) atoms. The molecule has 1 aliphatic heterocycles. The zero-order valence-electron chi connectivity index (χ0n) is 29.1. The second kappa shape index (κ2) is 15.5. The van der Waals surface area contributed by atoms with E-state index in [4.69, 9.17) is 14.7 Å². The molecule has 2 amide bonds. The molecule has 2 N–H and O–H groups in total. The van der Waals surface area contributed by atoms with Gasteiger partial charge >= 0.3 is 0 Å². The van der Waals surface area contributed by atoms with Crippen molar-refractivity contribution in [3.8, 4) is 5.75 Å². The monoisotopic (exact) mass is 675 g/mol. The summed E-state index contributed by atoms with van der Waals surface area (Å²) in [5.74, 6) is -0.176. The van der Waals surface area contributed by atoms with Gasteiger partial charge in [-0.1, -0.05) is 30.3 Å².